The van der Waals surface area contributed by atoms with Crippen LogP contribution in [0.4, 0.5) is 0 Å². The normalized spacial score (nSPS) is 17.1. The number of hydrogen-bond acceptors (Lipinski definition) is 4. The predicted molar refractivity (Wildman–Crippen MR) is 79.5 cm³/mol. The SMILES string of the molecule is CC(C)C(NC(=O)C(=O)N1CCNCC1)c1cccs1. The predicted octanol–water partition coefficient (Wildman–Crippen LogP) is 0.993. The fourth-order valence-corrected chi connectivity index (χ4v) is 3.20. The van der Waals surface area contributed by atoms with Crippen LogP contribution in [0.3, 0.4) is 0 Å². The third kappa shape index (κ3) is 3.58. The Hall–Kier alpha value is -1.40. The van der Waals surface area contributed by atoms with E-state index in [1.165, 1.54) is 0 Å². The van der Waals surface area contributed by atoms with Crippen molar-refractivity contribution >= 4 is 23.2 Å². The third-order valence-electron chi connectivity index (χ3n) is 3.40. The second kappa shape index (κ2) is 6.85. The molecule has 1 atom stereocenters. The van der Waals surface area contributed by atoms with Gasteiger partial charge in [0.1, 0.15) is 0 Å². The molecule has 20 heavy (non-hydrogen) atoms. The lowest BCUT2D eigenvalue weighted by Gasteiger charge is -2.28. The Morgan fingerprint density at radius 1 is 1.35 bits per heavy atom. The van der Waals surface area contributed by atoms with Gasteiger partial charge in [0.25, 0.3) is 0 Å². The van der Waals surface area contributed by atoms with E-state index in [-0.39, 0.29) is 12.0 Å². The van der Waals surface area contributed by atoms with Crippen LogP contribution in [-0.4, -0.2) is 42.9 Å². The summed E-state index contributed by atoms with van der Waals surface area (Å²) in [6.45, 7) is 6.77. The first-order valence-corrected chi connectivity index (χ1v) is 7.81. The maximum Gasteiger partial charge on any atom is 0.311 e. The molecule has 1 saturated heterocycles. The van der Waals surface area contributed by atoms with E-state index in [1.807, 2.05) is 31.4 Å². The van der Waals surface area contributed by atoms with E-state index in [0.717, 1.165) is 18.0 Å². The Morgan fingerprint density at radius 3 is 2.60 bits per heavy atom. The van der Waals surface area contributed by atoms with E-state index in [9.17, 15) is 9.59 Å². The summed E-state index contributed by atoms with van der Waals surface area (Å²) in [5.74, 6) is -0.680. The van der Waals surface area contributed by atoms with Crippen molar-refractivity contribution in [1.29, 1.82) is 0 Å². The number of piperazine rings is 1. The Morgan fingerprint density at radius 2 is 2.05 bits per heavy atom. The van der Waals surface area contributed by atoms with Crippen LogP contribution in [-0.2, 0) is 9.59 Å². The first-order chi connectivity index (χ1) is 9.59. The lowest BCUT2D eigenvalue weighted by molar-refractivity contribution is -0.146. The maximum absolute atomic E-state index is 12.1. The van der Waals surface area contributed by atoms with Gasteiger partial charge in [-0.15, -0.1) is 11.3 Å². The summed E-state index contributed by atoms with van der Waals surface area (Å²) in [7, 11) is 0. The highest BCUT2D eigenvalue weighted by Gasteiger charge is 2.27. The number of thiophene rings is 1. The topological polar surface area (TPSA) is 61.4 Å². The van der Waals surface area contributed by atoms with Gasteiger partial charge in [-0.25, -0.2) is 0 Å². The zero-order valence-corrected chi connectivity index (χ0v) is 12.7. The number of rotatable bonds is 3. The average Bonchev–Trinajstić information content (AvgIpc) is 2.98. The molecular weight excluding hydrogens is 274 g/mol. The van der Waals surface area contributed by atoms with Crippen LogP contribution in [0.5, 0.6) is 0 Å². The van der Waals surface area contributed by atoms with Crippen molar-refractivity contribution in [2.75, 3.05) is 26.2 Å². The second-order valence-electron chi connectivity index (χ2n) is 5.25. The zero-order valence-electron chi connectivity index (χ0n) is 11.9. The highest BCUT2D eigenvalue weighted by molar-refractivity contribution is 7.10. The minimum atomic E-state index is -0.501. The third-order valence-corrected chi connectivity index (χ3v) is 4.36. The second-order valence-corrected chi connectivity index (χ2v) is 6.23. The number of hydrogen-bond donors (Lipinski definition) is 2. The molecule has 0 spiro atoms. The van der Waals surface area contributed by atoms with Gasteiger partial charge in [0, 0.05) is 31.1 Å². The van der Waals surface area contributed by atoms with Gasteiger partial charge in [-0.2, -0.15) is 0 Å². The van der Waals surface area contributed by atoms with Gasteiger partial charge in [0.05, 0.1) is 6.04 Å². The summed E-state index contributed by atoms with van der Waals surface area (Å²) in [6.07, 6.45) is 0. The van der Waals surface area contributed by atoms with Gasteiger partial charge in [-0.05, 0) is 17.4 Å². The largest absolute Gasteiger partial charge is 0.340 e. The Labute approximate surface area is 123 Å². The van der Waals surface area contributed by atoms with Crippen LogP contribution in [0.15, 0.2) is 17.5 Å². The van der Waals surface area contributed by atoms with Crippen molar-refractivity contribution in [3.05, 3.63) is 22.4 Å². The van der Waals surface area contributed by atoms with Crippen molar-refractivity contribution in [3.8, 4) is 0 Å². The summed E-state index contributed by atoms with van der Waals surface area (Å²) in [6, 6.07) is 3.85. The highest BCUT2D eigenvalue weighted by atomic mass is 32.1. The number of nitrogens with one attached hydrogen (secondary N) is 2. The van der Waals surface area contributed by atoms with E-state index in [0.29, 0.717) is 13.1 Å². The minimum Gasteiger partial charge on any atom is -0.340 e. The molecule has 0 radical (unpaired) electrons. The van der Waals surface area contributed by atoms with Gasteiger partial charge in [0.15, 0.2) is 0 Å². The molecule has 1 fully saturated rings. The first-order valence-electron chi connectivity index (χ1n) is 6.93. The molecule has 110 valence electrons. The van der Waals surface area contributed by atoms with Gasteiger partial charge >= 0.3 is 11.8 Å². The Bertz CT molecular complexity index is 453. The number of nitrogens with zero attached hydrogens (tertiary/aromatic N) is 1. The molecule has 1 aromatic heterocycles. The maximum atomic E-state index is 12.1. The minimum absolute atomic E-state index is 0.102. The number of amides is 2. The van der Waals surface area contributed by atoms with Crippen LogP contribution in [0.2, 0.25) is 0 Å². The van der Waals surface area contributed by atoms with Crippen LogP contribution in [0.25, 0.3) is 0 Å². The van der Waals surface area contributed by atoms with E-state index in [4.69, 9.17) is 0 Å². The molecule has 1 aromatic rings. The monoisotopic (exact) mass is 295 g/mol. The Kier molecular flexibility index (Phi) is 5.14. The molecule has 1 aliphatic rings. The smallest absolute Gasteiger partial charge is 0.311 e. The molecular formula is C14H21N3O2S. The number of carbonyl (C=O) groups is 2. The summed E-state index contributed by atoms with van der Waals surface area (Å²) in [5, 5.41) is 8.02. The summed E-state index contributed by atoms with van der Waals surface area (Å²) in [4.78, 5) is 26.9. The molecule has 0 saturated carbocycles. The molecule has 2 heterocycles. The highest BCUT2D eigenvalue weighted by Crippen LogP contribution is 2.25. The van der Waals surface area contributed by atoms with Crippen molar-refractivity contribution in [3.63, 3.8) is 0 Å². The van der Waals surface area contributed by atoms with Crippen molar-refractivity contribution in [2.45, 2.75) is 19.9 Å². The van der Waals surface area contributed by atoms with E-state index in [1.54, 1.807) is 16.2 Å². The van der Waals surface area contributed by atoms with E-state index < -0.39 is 11.8 Å². The van der Waals surface area contributed by atoms with Crippen LogP contribution < -0.4 is 10.6 Å². The fourth-order valence-electron chi connectivity index (χ4n) is 2.25. The average molecular weight is 295 g/mol. The van der Waals surface area contributed by atoms with Crippen molar-refractivity contribution < 1.29 is 9.59 Å². The molecule has 1 unspecified atom stereocenters. The molecule has 2 amide bonds. The lowest BCUT2D eigenvalue weighted by atomic mass is 10.0. The summed E-state index contributed by atoms with van der Waals surface area (Å²) >= 11 is 1.60. The molecule has 5 nitrogen and oxygen atoms in total. The zero-order chi connectivity index (χ0) is 14.5. The van der Waals surface area contributed by atoms with Crippen LogP contribution in [0, 0.1) is 5.92 Å². The van der Waals surface area contributed by atoms with Gasteiger partial charge < -0.3 is 15.5 Å². The Balaban J connectivity index is 1.99. The van der Waals surface area contributed by atoms with E-state index in [2.05, 4.69) is 10.6 Å². The standard InChI is InChI=1S/C14H21N3O2S/c1-10(2)12(11-4-3-9-20-11)16-13(18)14(19)17-7-5-15-6-8-17/h3-4,9-10,12,15H,5-8H2,1-2H3,(H,16,18). The molecule has 2 rings (SSSR count). The van der Waals surface area contributed by atoms with Crippen LogP contribution >= 0.6 is 11.3 Å². The summed E-state index contributed by atoms with van der Waals surface area (Å²) in [5.41, 5.74) is 0. The van der Waals surface area contributed by atoms with Crippen LogP contribution in [0.1, 0.15) is 24.8 Å². The molecule has 2 N–H and O–H groups in total. The fraction of sp³-hybridized carbons (Fsp3) is 0.571. The first kappa shape index (κ1) is 15.0. The molecule has 0 aliphatic carbocycles. The molecule has 1 aliphatic heterocycles. The number of carbonyl (C=O) groups excluding carboxylic acids is 2. The van der Waals surface area contributed by atoms with Gasteiger partial charge in [-0.1, -0.05) is 19.9 Å². The summed E-state index contributed by atoms with van der Waals surface area (Å²) < 4.78 is 0. The molecule has 0 aromatic carbocycles. The van der Waals surface area contributed by atoms with Crippen molar-refractivity contribution in [2.24, 2.45) is 5.92 Å². The van der Waals surface area contributed by atoms with Gasteiger partial charge in [0.2, 0.25) is 0 Å². The molecule has 6 heteroatoms. The molecule has 0 bridgehead atoms. The van der Waals surface area contributed by atoms with Gasteiger partial charge in [-0.3, -0.25) is 9.59 Å². The lowest BCUT2D eigenvalue weighted by Crippen LogP contribution is -2.51. The van der Waals surface area contributed by atoms with Crippen molar-refractivity contribution in [1.82, 2.24) is 15.5 Å². The quantitative estimate of drug-likeness (QED) is 0.818. The van der Waals surface area contributed by atoms with E-state index >= 15 is 0 Å².